The zero-order valence-electron chi connectivity index (χ0n) is 10.8. The first kappa shape index (κ1) is 14.2. The molecule has 2 N–H and O–H groups in total. The molecule has 0 aliphatic heterocycles. The Kier molecular flexibility index (Phi) is 4.75. The van der Waals surface area contributed by atoms with Crippen LogP contribution in [-0.4, -0.2) is 25.5 Å². The summed E-state index contributed by atoms with van der Waals surface area (Å²) in [6.45, 7) is 6.75. The summed E-state index contributed by atoms with van der Waals surface area (Å²) < 4.78 is 0. The van der Waals surface area contributed by atoms with Crippen molar-refractivity contribution in [2.45, 2.75) is 18.9 Å². The van der Waals surface area contributed by atoms with E-state index in [0.717, 1.165) is 29.1 Å². The highest BCUT2D eigenvalue weighted by Gasteiger charge is 2.27. The first-order valence-electron chi connectivity index (χ1n) is 5.67. The highest BCUT2D eigenvalue weighted by Crippen LogP contribution is 2.27. The average molecular weight is 253 g/mol. The van der Waals surface area contributed by atoms with Gasteiger partial charge in [-0.25, -0.2) is 0 Å². The first-order chi connectivity index (χ1) is 7.83. The molecule has 0 bridgehead atoms. The van der Waals surface area contributed by atoms with Gasteiger partial charge in [0.25, 0.3) is 0 Å². The molecule has 2 nitrogen and oxygen atoms in total. The molecule has 3 heteroatoms. The molecule has 0 amide bonds. The Morgan fingerprint density at radius 3 is 2.29 bits per heavy atom. The third kappa shape index (κ3) is 4.15. The summed E-state index contributed by atoms with van der Waals surface area (Å²) in [4.78, 5) is 2.09. The van der Waals surface area contributed by atoms with E-state index in [0.29, 0.717) is 0 Å². The van der Waals surface area contributed by atoms with Crippen LogP contribution >= 0.6 is 11.6 Å². The molecule has 0 radical (unpaired) electrons. The molecule has 0 saturated heterocycles. The molecule has 0 saturated carbocycles. The molecule has 0 heterocycles. The van der Waals surface area contributed by atoms with Crippen molar-refractivity contribution in [1.29, 1.82) is 0 Å². The third-order valence-electron chi connectivity index (χ3n) is 2.63. The van der Waals surface area contributed by atoms with Crippen molar-refractivity contribution < 1.29 is 0 Å². The van der Waals surface area contributed by atoms with Crippen molar-refractivity contribution in [3.05, 3.63) is 47.0 Å². The van der Waals surface area contributed by atoms with Crippen LogP contribution in [0, 0.1) is 0 Å². The van der Waals surface area contributed by atoms with Gasteiger partial charge in [-0.1, -0.05) is 29.3 Å². The van der Waals surface area contributed by atoms with Crippen molar-refractivity contribution in [3.63, 3.8) is 0 Å². The van der Waals surface area contributed by atoms with Crippen molar-refractivity contribution in [1.82, 2.24) is 4.90 Å². The highest BCUT2D eigenvalue weighted by molar-refractivity contribution is 6.30. The normalized spacial score (nSPS) is 14.7. The van der Waals surface area contributed by atoms with Crippen molar-refractivity contribution in [3.8, 4) is 0 Å². The number of nitrogens with zero attached hydrogens (tertiary/aromatic N) is 1. The fourth-order valence-electron chi connectivity index (χ4n) is 2.13. The quantitative estimate of drug-likeness (QED) is 0.817. The van der Waals surface area contributed by atoms with Gasteiger partial charge in [-0.3, -0.25) is 0 Å². The summed E-state index contributed by atoms with van der Waals surface area (Å²) in [5.41, 5.74) is 8.31. The standard InChI is InChI=1S/C14H21ClN2/c1-11(2)9-14(16,10-17(3)4)12-5-7-13(15)8-6-12/h5-8H,1,9-10,16H2,2-4H3. The minimum absolute atomic E-state index is 0.403. The number of benzene rings is 1. The van der Waals surface area contributed by atoms with Gasteiger partial charge in [0.2, 0.25) is 0 Å². The van der Waals surface area contributed by atoms with Gasteiger partial charge in [0, 0.05) is 11.6 Å². The van der Waals surface area contributed by atoms with E-state index in [2.05, 4.69) is 11.5 Å². The maximum Gasteiger partial charge on any atom is 0.0575 e. The molecule has 0 aliphatic carbocycles. The van der Waals surface area contributed by atoms with Crippen molar-refractivity contribution in [2.75, 3.05) is 20.6 Å². The topological polar surface area (TPSA) is 29.3 Å². The Bertz CT molecular complexity index is 384. The van der Waals surface area contributed by atoms with Gasteiger partial charge in [-0.15, -0.1) is 6.58 Å². The molecule has 94 valence electrons. The zero-order chi connectivity index (χ0) is 13.1. The molecule has 1 aromatic rings. The maximum absolute atomic E-state index is 6.53. The van der Waals surface area contributed by atoms with Crippen LogP contribution in [-0.2, 0) is 5.54 Å². The Labute approximate surface area is 109 Å². The second-order valence-electron chi connectivity index (χ2n) is 5.03. The van der Waals surface area contributed by atoms with E-state index in [1.165, 1.54) is 0 Å². The fraction of sp³-hybridized carbons (Fsp3) is 0.429. The summed E-state index contributed by atoms with van der Waals surface area (Å²) in [7, 11) is 4.05. The first-order valence-corrected chi connectivity index (χ1v) is 6.05. The smallest absolute Gasteiger partial charge is 0.0575 e. The Morgan fingerprint density at radius 2 is 1.88 bits per heavy atom. The number of rotatable bonds is 5. The molecule has 0 spiro atoms. The van der Waals surface area contributed by atoms with Crippen LogP contribution in [0.25, 0.3) is 0 Å². The highest BCUT2D eigenvalue weighted by atomic mass is 35.5. The van der Waals surface area contributed by atoms with Gasteiger partial charge in [-0.05, 0) is 45.1 Å². The van der Waals surface area contributed by atoms with Crippen molar-refractivity contribution >= 4 is 11.6 Å². The molecule has 0 aromatic heterocycles. The lowest BCUT2D eigenvalue weighted by molar-refractivity contribution is 0.283. The lowest BCUT2D eigenvalue weighted by Crippen LogP contribution is -2.45. The van der Waals surface area contributed by atoms with Gasteiger partial charge in [0.1, 0.15) is 0 Å². The minimum Gasteiger partial charge on any atom is -0.320 e. The number of hydrogen-bond donors (Lipinski definition) is 1. The van der Waals surface area contributed by atoms with Crippen LogP contribution in [0.4, 0.5) is 0 Å². The molecule has 1 aromatic carbocycles. The Morgan fingerprint density at radius 1 is 1.35 bits per heavy atom. The van der Waals surface area contributed by atoms with E-state index in [1.54, 1.807) is 0 Å². The van der Waals surface area contributed by atoms with Gasteiger partial charge in [0.05, 0.1) is 5.54 Å². The zero-order valence-corrected chi connectivity index (χ0v) is 11.6. The van der Waals surface area contributed by atoms with Crippen LogP contribution in [0.15, 0.2) is 36.4 Å². The predicted octanol–water partition coefficient (Wildman–Crippen LogP) is 3.02. The number of hydrogen-bond acceptors (Lipinski definition) is 2. The largest absolute Gasteiger partial charge is 0.320 e. The molecular weight excluding hydrogens is 232 g/mol. The molecule has 0 aliphatic rings. The summed E-state index contributed by atoms with van der Waals surface area (Å²) in [5.74, 6) is 0. The van der Waals surface area contributed by atoms with E-state index in [4.69, 9.17) is 17.3 Å². The second kappa shape index (κ2) is 5.67. The van der Waals surface area contributed by atoms with Gasteiger partial charge in [0.15, 0.2) is 0 Å². The fourth-order valence-corrected chi connectivity index (χ4v) is 2.26. The molecule has 1 atom stereocenters. The maximum atomic E-state index is 6.53. The monoisotopic (exact) mass is 252 g/mol. The van der Waals surface area contributed by atoms with Crippen molar-refractivity contribution in [2.24, 2.45) is 5.73 Å². The third-order valence-corrected chi connectivity index (χ3v) is 2.89. The van der Waals surface area contributed by atoms with Gasteiger partial charge >= 0.3 is 0 Å². The van der Waals surface area contributed by atoms with E-state index in [1.807, 2.05) is 45.3 Å². The van der Waals surface area contributed by atoms with Crippen LogP contribution in [0.1, 0.15) is 18.9 Å². The lowest BCUT2D eigenvalue weighted by Gasteiger charge is -2.33. The number of halogens is 1. The Balaban J connectivity index is 3.04. The molecular formula is C14H21ClN2. The Hall–Kier alpha value is -0.830. The minimum atomic E-state index is -0.403. The molecule has 0 fully saturated rings. The molecule has 17 heavy (non-hydrogen) atoms. The molecule has 1 rings (SSSR count). The molecule has 1 unspecified atom stereocenters. The summed E-state index contributed by atoms with van der Waals surface area (Å²) >= 11 is 5.90. The van der Waals surface area contributed by atoms with Crippen LogP contribution in [0.2, 0.25) is 5.02 Å². The predicted molar refractivity (Wildman–Crippen MR) is 75.3 cm³/mol. The lowest BCUT2D eigenvalue weighted by atomic mass is 9.85. The van der Waals surface area contributed by atoms with Gasteiger partial charge < -0.3 is 10.6 Å². The van der Waals surface area contributed by atoms with E-state index >= 15 is 0 Å². The van der Waals surface area contributed by atoms with E-state index < -0.39 is 5.54 Å². The van der Waals surface area contributed by atoms with E-state index in [9.17, 15) is 0 Å². The average Bonchev–Trinajstić information content (AvgIpc) is 2.15. The summed E-state index contributed by atoms with van der Waals surface area (Å²) in [6.07, 6.45) is 0.771. The van der Waals surface area contributed by atoms with Crippen LogP contribution < -0.4 is 5.73 Å². The summed E-state index contributed by atoms with van der Waals surface area (Å²) in [6, 6.07) is 7.75. The SMILES string of the molecule is C=C(C)CC(N)(CN(C)C)c1ccc(Cl)cc1. The summed E-state index contributed by atoms with van der Waals surface area (Å²) in [5, 5.41) is 0.733. The van der Waals surface area contributed by atoms with Crippen LogP contribution in [0.5, 0.6) is 0 Å². The number of nitrogens with two attached hydrogens (primary N) is 1. The van der Waals surface area contributed by atoms with Gasteiger partial charge in [-0.2, -0.15) is 0 Å². The van der Waals surface area contributed by atoms with E-state index in [-0.39, 0.29) is 0 Å². The number of likely N-dealkylation sites (N-methyl/N-ethyl adjacent to an activating group) is 1. The van der Waals surface area contributed by atoms with Crippen LogP contribution in [0.3, 0.4) is 0 Å². The second-order valence-corrected chi connectivity index (χ2v) is 5.47.